The summed E-state index contributed by atoms with van der Waals surface area (Å²) in [5.41, 5.74) is 0. The van der Waals surface area contributed by atoms with E-state index in [9.17, 15) is 19.8 Å². The number of fused-ring (bicyclic) bond motifs is 1. The van der Waals surface area contributed by atoms with Crippen molar-refractivity contribution in [3.63, 3.8) is 0 Å². The minimum Gasteiger partial charge on any atom is -0.550 e. The molecule has 2 aliphatic rings. The van der Waals surface area contributed by atoms with Crippen molar-refractivity contribution < 1.29 is 44.0 Å². The van der Waals surface area contributed by atoms with Crippen LogP contribution in [0, 0.1) is 11.8 Å². The van der Waals surface area contributed by atoms with Crippen LogP contribution in [-0.2, 0) is 33.8 Å². The van der Waals surface area contributed by atoms with Crippen LogP contribution >= 0.6 is 0 Å². The molecule has 4 atom stereocenters. The number of epoxide rings is 1. The number of carboxylic acids is 2. The fourth-order valence-electron chi connectivity index (χ4n) is 1.94. The molecule has 4 unspecified atom stereocenters. The summed E-state index contributed by atoms with van der Waals surface area (Å²) in [6.07, 6.45) is 0.342. The number of carbonyl (C=O) groups excluding carboxylic acids is 2. The molecule has 1 aliphatic heterocycles. The molecule has 0 aromatic carbocycles. The minimum atomic E-state index is -1.32. The zero-order chi connectivity index (χ0) is 9.59. The molecule has 2 fully saturated rings. The normalized spacial score (nSPS) is 39.1. The molecule has 0 spiro atoms. The average Bonchev–Trinajstić information content (AvgIpc) is 2.78. The van der Waals surface area contributed by atoms with E-state index in [1.54, 1.807) is 0 Å². The fourth-order valence-corrected chi connectivity index (χ4v) is 1.94. The number of carbonyl (C=O) groups is 2. The number of rotatable bonds is 2. The summed E-state index contributed by atoms with van der Waals surface area (Å²) >= 11 is 0. The van der Waals surface area contributed by atoms with Crippen LogP contribution in [0.15, 0.2) is 0 Å². The molecule has 14 heavy (non-hydrogen) atoms. The summed E-state index contributed by atoms with van der Waals surface area (Å²) in [5, 5.41) is 21.2. The smallest absolute Gasteiger partial charge is 0.550 e. The first kappa shape index (κ1) is 11.6. The summed E-state index contributed by atoms with van der Waals surface area (Å²) in [6, 6.07) is 0. The van der Waals surface area contributed by atoms with Crippen molar-refractivity contribution in [2.45, 2.75) is 25.0 Å². The van der Waals surface area contributed by atoms with E-state index < -0.39 is 23.8 Å². The standard InChI is InChI=1S/C8H10O5.Zn/c9-7(10)3-1-5-6(13-5)2-4(3)8(11)12;/h3-6H,1-2H2,(H,9,10)(H,11,12);/q;+2/p-2. The second-order valence-electron chi connectivity index (χ2n) is 3.54. The fraction of sp³-hybridized carbons (Fsp3) is 0.750. The van der Waals surface area contributed by atoms with Crippen LogP contribution in [-0.4, -0.2) is 24.1 Å². The van der Waals surface area contributed by atoms with E-state index in [0.717, 1.165) is 0 Å². The maximum atomic E-state index is 10.6. The number of aliphatic carboxylic acids is 2. The van der Waals surface area contributed by atoms with Gasteiger partial charge in [0.25, 0.3) is 0 Å². The monoisotopic (exact) mass is 248 g/mol. The molecule has 0 N–H and O–H groups in total. The SMILES string of the molecule is O=C([O-])C1CC2OC2CC1C(=O)[O-].[Zn+2]. The van der Waals surface area contributed by atoms with Gasteiger partial charge in [0.2, 0.25) is 0 Å². The van der Waals surface area contributed by atoms with Crippen LogP contribution in [0.5, 0.6) is 0 Å². The third-order valence-corrected chi connectivity index (χ3v) is 2.75. The summed E-state index contributed by atoms with van der Waals surface area (Å²) in [6.45, 7) is 0. The van der Waals surface area contributed by atoms with Gasteiger partial charge in [-0.1, -0.05) is 0 Å². The van der Waals surface area contributed by atoms with Crippen molar-refractivity contribution >= 4 is 11.9 Å². The van der Waals surface area contributed by atoms with Gasteiger partial charge in [-0.05, 0) is 12.8 Å². The molecule has 0 amide bonds. The number of hydrogen-bond acceptors (Lipinski definition) is 5. The Balaban J connectivity index is 0.000000980. The molecule has 6 heteroatoms. The first-order chi connectivity index (χ1) is 6.09. The summed E-state index contributed by atoms with van der Waals surface area (Å²) in [5.74, 6) is -4.53. The summed E-state index contributed by atoms with van der Waals surface area (Å²) < 4.78 is 5.06. The van der Waals surface area contributed by atoms with Gasteiger partial charge in [0, 0.05) is 23.8 Å². The Bertz CT molecular complexity index is 240. The van der Waals surface area contributed by atoms with Crippen molar-refractivity contribution in [1.82, 2.24) is 0 Å². The van der Waals surface area contributed by atoms with E-state index in [0.29, 0.717) is 0 Å². The maximum Gasteiger partial charge on any atom is 2.00 e. The van der Waals surface area contributed by atoms with Crippen molar-refractivity contribution in [3.05, 3.63) is 0 Å². The van der Waals surface area contributed by atoms with Crippen molar-refractivity contribution in [3.8, 4) is 0 Å². The van der Waals surface area contributed by atoms with Crippen molar-refractivity contribution in [1.29, 1.82) is 0 Å². The molecule has 2 rings (SSSR count). The molecule has 0 aromatic heterocycles. The Hall–Kier alpha value is -0.477. The van der Waals surface area contributed by atoms with Crippen molar-refractivity contribution in [2.24, 2.45) is 11.8 Å². The van der Waals surface area contributed by atoms with Crippen LogP contribution in [0.1, 0.15) is 12.8 Å². The van der Waals surface area contributed by atoms with Gasteiger partial charge in [0.15, 0.2) is 0 Å². The Labute approximate surface area is 93.2 Å². The van der Waals surface area contributed by atoms with Crippen LogP contribution in [0.4, 0.5) is 0 Å². The Morgan fingerprint density at radius 3 is 1.64 bits per heavy atom. The Kier molecular flexibility index (Phi) is 3.27. The van der Waals surface area contributed by atoms with E-state index >= 15 is 0 Å². The van der Waals surface area contributed by atoms with Crippen LogP contribution in [0.25, 0.3) is 0 Å². The Morgan fingerprint density at radius 2 is 1.36 bits per heavy atom. The predicted octanol–water partition coefficient (Wildman–Crippen LogP) is -2.72. The zero-order valence-corrected chi connectivity index (χ0v) is 10.4. The van der Waals surface area contributed by atoms with E-state index in [4.69, 9.17) is 4.74 Å². The molecule has 1 aliphatic carbocycles. The first-order valence-corrected chi connectivity index (χ1v) is 4.16. The number of hydrogen-bond donors (Lipinski definition) is 0. The number of carboxylic acid groups (broad SMARTS) is 2. The molecular weight excluding hydrogens is 241 g/mol. The molecule has 1 heterocycles. The van der Waals surface area contributed by atoms with Crippen LogP contribution in [0.2, 0.25) is 0 Å². The van der Waals surface area contributed by atoms with E-state index in [2.05, 4.69) is 0 Å². The van der Waals surface area contributed by atoms with Gasteiger partial charge in [-0.25, -0.2) is 0 Å². The first-order valence-electron chi connectivity index (χ1n) is 4.16. The second kappa shape index (κ2) is 3.95. The summed E-state index contributed by atoms with van der Waals surface area (Å²) in [4.78, 5) is 21.2. The van der Waals surface area contributed by atoms with Gasteiger partial charge < -0.3 is 24.5 Å². The summed E-state index contributed by atoms with van der Waals surface area (Å²) in [7, 11) is 0. The topological polar surface area (TPSA) is 92.8 Å². The van der Waals surface area contributed by atoms with E-state index in [1.165, 1.54) is 0 Å². The van der Waals surface area contributed by atoms with Gasteiger partial charge >= 0.3 is 19.5 Å². The molecule has 0 radical (unpaired) electrons. The maximum absolute atomic E-state index is 10.6. The van der Waals surface area contributed by atoms with E-state index in [1.807, 2.05) is 0 Å². The molecule has 5 nitrogen and oxygen atoms in total. The third-order valence-electron chi connectivity index (χ3n) is 2.75. The molecule has 72 valence electrons. The third kappa shape index (κ3) is 1.96. The molecular formula is C8H8O5Zn. The van der Waals surface area contributed by atoms with Crippen molar-refractivity contribution in [2.75, 3.05) is 0 Å². The van der Waals surface area contributed by atoms with Gasteiger partial charge in [-0.15, -0.1) is 0 Å². The molecule has 0 bridgehead atoms. The van der Waals surface area contributed by atoms with Gasteiger partial charge in [0.1, 0.15) is 0 Å². The van der Waals surface area contributed by atoms with Gasteiger partial charge in [-0.2, -0.15) is 0 Å². The number of ether oxygens (including phenoxy) is 1. The largest absolute Gasteiger partial charge is 2.00 e. The molecule has 1 saturated carbocycles. The zero-order valence-electron chi connectivity index (χ0n) is 7.47. The second-order valence-corrected chi connectivity index (χ2v) is 3.54. The predicted molar refractivity (Wildman–Crippen MR) is 34.9 cm³/mol. The van der Waals surface area contributed by atoms with Gasteiger partial charge in [-0.3, -0.25) is 0 Å². The molecule has 1 saturated heterocycles. The van der Waals surface area contributed by atoms with Crippen LogP contribution in [0.3, 0.4) is 0 Å². The minimum absolute atomic E-state index is 0. The van der Waals surface area contributed by atoms with E-state index in [-0.39, 0.29) is 44.5 Å². The van der Waals surface area contributed by atoms with Gasteiger partial charge in [0.05, 0.1) is 12.2 Å². The van der Waals surface area contributed by atoms with Crippen LogP contribution < -0.4 is 10.2 Å². The molecule has 0 aromatic rings. The average molecular weight is 250 g/mol. The Morgan fingerprint density at radius 1 is 1.00 bits per heavy atom. The quantitative estimate of drug-likeness (QED) is 0.391.